The van der Waals surface area contributed by atoms with Crippen LogP contribution in [0.15, 0.2) is 82.6 Å². The second-order valence-corrected chi connectivity index (χ2v) is 7.60. The van der Waals surface area contributed by atoms with Gasteiger partial charge in [-0.15, -0.1) is 0 Å². The Hall–Kier alpha value is -4.72. The highest BCUT2D eigenvalue weighted by molar-refractivity contribution is 6.12. The second kappa shape index (κ2) is 9.03. The van der Waals surface area contributed by atoms with Crippen molar-refractivity contribution in [3.8, 4) is 5.75 Å². The molecule has 0 aliphatic heterocycles. The summed E-state index contributed by atoms with van der Waals surface area (Å²) in [5.41, 5.74) is 3.10. The molecule has 0 saturated heterocycles. The lowest BCUT2D eigenvalue weighted by molar-refractivity contribution is 0.0600. The summed E-state index contributed by atoms with van der Waals surface area (Å²) < 4.78 is 10.7. The van der Waals surface area contributed by atoms with E-state index in [2.05, 4.69) is 20.2 Å². The highest BCUT2D eigenvalue weighted by Crippen LogP contribution is 2.32. The summed E-state index contributed by atoms with van der Waals surface area (Å²) in [5.74, 6) is 0.626. The number of ether oxygens (including phenoxy) is 2. The zero-order valence-electron chi connectivity index (χ0n) is 18.2. The molecule has 5 rings (SSSR count). The molecule has 0 aliphatic carbocycles. The van der Waals surface area contributed by atoms with Crippen LogP contribution in [0.3, 0.4) is 0 Å². The molecule has 0 atom stereocenters. The van der Waals surface area contributed by atoms with Crippen LogP contribution >= 0.6 is 0 Å². The Morgan fingerprint density at radius 2 is 1.85 bits per heavy atom. The van der Waals surface area contributed by atoms with Crippen LogP contribution in [0.1, 0.15) is 21.5 Å². The average Bonchev–Trinajstić information content (AvgIpc) is 3.27. The van der Waals surface area contributed by atoms with Crippen molar-refractivity contribution < 1.29 is 14.3 Å². The van der Waals surface area contributed by atoms with Gasteiger partial charge in [-0.05, 0) is 41.5 Å². The fourth-order valence-electron chi connectivity index (χ4n) is 3.67. The smallest absolute Gasteiger partial charge is 0.337 e. The monoisotopic (exact) mass is 452 g/mol. The SMILES string of the molecule is COC(=O)c1ccc(C=Nc2n[nH]c(=O)c3[nH]c4ccc(OCc5ccccc5)cc4c23)cc1. The van der Waals surface area contributed by atoms with Gasteiger partial charge in [0.2, 0.25) is 0 Å². The molecule has 8 nitrogen and oxygen atoms in total. The van der Waals surface area contributed by atoms with Crippen molar-refractivity contribution in [2.75, 3.05) is 7.11 Å². The fourth-order valence-corrected chi connectivity index (χ4v) is 3.67. The first-order chi connectivity index (χ1) is 16.6. The summed E-state index contributed by atoms with van der Waals surface area (Å²) in [4.78, 5) is 31.7. The van der Waals surface area contributed by atoms with Gasteiger partial charge in [0.25, 0.3) is 5.56 Å². The molecule has 0 fully saturated rings. The molecule has 0 radical (unpaired) electrons. The normalized spacial score (nSPS) is 11.3. The summed E-state index contributed by atoms with van der Waals surface area (Å²) in [6.45, 7) is 0.431. The number of carbonyl (C=O) groups excluding carboxylic acids is 1. The first-order valence-corrected chi connectivity index (χ1v) is 10.6. The molecule has 0 amide bonds. The number of fused-ring (bicyclic) bond motifs is 3. The van der Waals surface area contributed by atoms with Gasteiger partial charge in [0, 0.05) is 17.1 Å². The van der Waals surface area contributed by atoms with Gasteiger partial charge in [0.05, 0.1) is 18.1 Å². The Labute approximate surface area is 193 Å². The number of aromatic amines is 2. The van der Waals surface area contributed by atoms with Crippen LogP contribution in [-0.4, -0.2) is 34.5 Å². The van der Waals surface area contributed by atoms with E-state index in [0.29, 0.717) is 34.6 Å². The Bertz CT molecular complexity index is 1570. The van der Waals surface area contributed by atoms with Gasteiger partial charge in [-0.2, -0.15) is 5.10 Å². The summed E-state index contributed by atoms with van der Waals surface area (Å²) in [6.07, 6.45) is 1.62. The van der Waals surface area contributed by atoms with Crippen molar-refractivity contribution in [2.24, 2.45) is 4.99 Å². The van der Waals surface area contributed by atoms with Gasteiger partial charge in [0.1, 0.15) is 17.9 Å². The minimum Gasteiger partial charge on any atom is -0.489 e. The largest absolute Gasteiger partial charge is 0.489 e. The van der Waals surface area contributed by atoms with E-state index in [1.165, 1.54) is 7.11 Å². The predicted molar refractivity (Wildman–Crippen MR) is 130 cm³/mol. The lowest BCUT2D eigenvalue weighted by Gasteiger charge is -2.06. The quantitative estimate of drug-likeness (QED) is 0.291. The number of carbonyl (C=O) groups is 1. The lowest BCUT2D eigenvalue weighted by Crippen LogP contribution is -2.07. The van der Waals surface area contributed by atoms with Crippen LogP contribution in [0, 0.1) is 0 Å². The number of aromatic nitrogens is 3. The van der Waals surface area contributed by atoms with Crippen molar-refractivity contribution in [1.29, 1.82) is 0 Å². The first-order valence-electron chi connectivity index (χ1n) is 10.6. The third kappa shape index (κ3) is 4.16. The van der Waals surface area contributed by atoms with Crippen molar-refractivity contribution in [3.05, 3.63) is 99.8 Å². The molecule has 0 unspecified atom stereocenters. The number of esters is 1. The minimum atomic E-state index is -0.406. The molecule has 8 heteroatoms. The van der Waals surface area contributed by atoms with E-state index < -0.39 is 5.97 Å². The maximum Gasteiger partial charge on any atom is 0.337 e. The zero-order valence-corrected chi connectivity index (χ0v) is 18.2. The number of benzene rings is 3. The van der Waals surface area contributed by atoms with Gasteiger partial charge in [0.15, 0.2) is 5.82 Å². The number of H-pyrrole nitrogens is 2. The molecular formula is C26H20N4O4. The second-order valence-electron chi connectivity index (χ2n) is 7.60. The molecule has 2 aromatic heterocycles. The van der Waals surface area contributed by atoms with E-state index >= 15 is 0 Å². The van der Waals surface area contributed by atoms with Gasteiger partial charge >= 0.3 is 5.97 Å². The van der Waals surface area contributed by atoms with Gasteiger partial charge < -0.3 is 14.5 Å². The number of rotatable bonds is 6. The Balaban J connectivity index is 1.50. The third-order valence-corrected chi connectivity index (χ3v) is 5.40. The van der Waals surface area contributed by atoms with Crippen LogP contribution < -0.4 is 10.3 Å². The number of nitrogens with zero attached hydrogens (tertiary/aromatic N) is 2. The van der Waals surface area contributed by atoms with Crippen LogP contribution in [0.2, 0.25) is 0 Å². The first kappa shape index (κ1) is 21.1. The third-order valence-electron chi connectivity index (χ3n) is 5.40. The summed E-state index contributed by atoms with van der Waals surface area (Å²) in [7, 11) is 1.34. The molecule has 168 valence electrons. The molecule has 34 heavy (non-hydrogen) atoms. The molecule has 3 aromatic carbocycles. The number of methoxy groups -OCH3 is 1. The van der Waals surface area contributed by atoms with Crippen molar-refractivity contribution in [1.82, 2.24) is 15.2 Å². The van der Waals surface area contributed by atoms with E-state index in [4.69, 9.17) is 9.47 Å². The van der Waals surface area contributed by atoms with Crippen molar-refractivity contribution in [2.45, 2.75) is 6.61 Å². The van der Waals surface area contributed by atoms with E-state index in [1.807, 2.05) is 48.5 Å². The van der Waals surface area contributed by atoms with Crippen molar-refractivity contribution in [3.63, 3.8) is 0 Å². The standard InChI is InChI=1S/C26H20N4O4/c1-33-26(32)18-9-7-16(8-10-18)14-27-24-22-20-13-19(34-15-17-5-3-2-4-6-17)11-12-21(20)28-23(22)25(31)30-29-24/h2-14,28H,15H2,1H3,(H,30,31). The van der Waals surface area contributed by atoms with Gasteiger partial charge in [-0.3, -0.25) is 4.79 Å². The van der Waals surface area contributed by atoms with Gasteiger partial charge in [-0.1, -0.05) is 42.5 Å². The van der Waals surface area contributed by atoms with Crippen LogP contribution in [-0.2, 0) is 11.3 Å². The van der Waals surface area contributed by atoms with E-state index in [1.54, 1.807) is 30.5 Å². The molecule has 0 spiro atoms. The van der Waals surface area contributed by atoms with Crippen LogP contribution in [0.5, 0.6) is 5.75 Å². The summed E-state index contributed by atoms with van der Waals surface area (Å²) >= 11 is 0. The molecule has 0 aliphatic rings. The molecule has 0 bridgehead atoms. The molecular weight excluding hydrogens is 432 g/mol. The average molecular weight is 452 g/mol. The number of hydrogen-bond acceptors (Lipinski definition) is 6. The molecule has 0 saturated carbocycles. The van der Waals surface area contributed by atoms with E-state index in [0.717, 1.165) is 22.0 Å². The maximum atomic E-state index is 12.4. The Morgan fingerprint density at radius 1 is 1.06 bits per heavy atom. The van der Waals surface area contributed by atoms with Crippen LogP contribution in [0.25, 0.3) is 21.8 Å². The highest BCUT2D eigenvalue weighted by Gasteiger charge is 2.14. The number of nitrogens with one attached hydrogen (secondary N) is 2. The van der Waals surface area contributed by atoms with Gasteiger partial charge in [-0.25, -0.2) is 14.9 Å². The molecule has 2 N–H and O–H groups in total. The lowest BCUT2D eigenvalue weighted by atomic mass is 10.1. The minimum absolute atomic E-state index is 0.334. The van der Waals surface area contributed by atoms with Crippen molar-refractivity contribution >= 4 is 39.8 Å². The topological polar surface area (TPSA) is 109 Å². The summed E-state index contributed by atoms with van der Waals surface area (Å²) in [5, 5.41) is 8.03. The number of hydrogen-bond donors (Lipinski definition) is 2. The Morgan fingerprint density at radius 3 is 2.62 bits per heavy atom. The zero-order chi connectivity index (χ0) is 23.5. The fraction of sp³-hybridized carbons (Fsp3) is 0.0769. The summed E-state index contributed by atoms with van der Waals surface area (Å²) in [6, 6.07) is 22.3. The molecule has 2 heterocycles. The number of aliphatic imine (C=N–C) groups is 1. The molecule has 5 aromatic rings. The highest BCUT2D eigenvalue weighted by atomic mass is 16.5. The van der Waals surface area contributed by atoms with E-state index in [-0.39, 0.29) is 5.56 Å². The van der Waals surface area contributed by atoms with Crippen LogP contribution in [0.4, 0.5) is 5.82 Å². The van der Waals surface area contributed by atoms with E-state index in [9.17, 15) is 9.59 Å². The maximum absolute atomic E-state index is 12.4. The Kier molecular flexibility index (Phi) is 5.61. The predicted octanol–water partition coefficient (Wildman–Crippen LogP) is 4.52.